The summed E-state index contributed by atoms with van der Waals surface area (Å²) in [4.78, 5) is 22.6. The van der Waals surface area contributed by atoms with Crippen molar-refractivity contribution >= 4 is 29.2 Å². The number of nitrogens with one attached hydrogen (secondary N) is 1. The van der Waals surface area contributed by atoms with Crippen LogP contribution < -0.4 is 10.1 Å². The van der Waals surface area contributed by atoms with E-state index in [0.717, 1.165) is 24.2 Å². The number of carbonyl (C=O) groups is 2. The van der Waals surface area contributed by atoms with E-state index >= 15 is 0 Å². The van der Waals surface area contributed by atoms with Gasteiger partial charge in [0.05, 0.1) is 0 Å². The Bertz CT molecular complexity index is 676. The third kappa shape index (κ3) is 3.19. The smallest absolute Gasteiger partial charge is 0.349 e. The van der Waals surface area contributed by atoms with E-state index in [0.29, 0.717) is 11.8 Å². The highest BCUT2D eigenvalue weighted by Crippen LogP contribution is 2.39. The van der Waals surface area contributed by atoms with Gasteiger partial charge in [0.15, 0.2) is 11.5 Å². The van der Waals surface area contributed by atoms with Gasteiger partial charge in [-0.3, -0.25) is 10.1 Å². The van der Waals surface area contributed by atoms with Gasteiger partial charge < -0.3 is 14.3 Å². The maximum atomic E-state index is 11.7. The van der Waals surface area contributed by atoms with Crippen LogP contribution in [0.25, 0.3) is 0 Å². The maximum Gasteiger partial charge on any atom is 0.349 e. The van der Waals surface area contributed by atoms with Crippen LogP contribution in [-0.2, 0) is 4.79 Å². The predicted octanol–water partition coefficient (Wildman–Crippen LogP) is 1.72. The molecule has 9 heteroatoms. The van der Waals surface area contributed by atoms with Crippen molar-refractivity contribution in [1.29, 1.82) is 0 Å². The molecule has 1 aliphatic carbocycles. The third-order valence-electron chi connectivity index (χ3n) is 2.80. The summed E-state index contributed by atoms with van der Waals surface area (Å²) in [6.45, 7) is -0.335. The lowest BCUT2D eigenvalue weighted by atomic mass is 10.4. The van der Waals surface area contributed by atoms with E-state index in [9.17, 15) is 9.59 Å². The zero-order valence-corrected chi connectivity index (χ0v) is 11.6. The number of rotatable bonds is 6. The molecular formula is C12H11N3O5S. The lowest BCUT2D eigenvalue weighted by molar-refractivity contribution is -0.118. The van der Waals surface area contributed by atoms with Crippen molar-refractivity contribution in [2.45, 2.75) is 18.8 Å². The monoisotopic (exact) mass is 309 g/mol. The van der Waals surface area contributed by atoms with Crippen LogP contribution >= 0.6 is 11.3 Å². The molecule has 2 N–H and O–H groups in total. The van der Waals surface area contributed by atoms with Gasteiger partial charge in [-0.1, -0.05) is 5.10 Å². The molecule has 0 saturated heterocycles. The Morgan fingerprint density at radius 3 is 3.00 bits per heavy atom. The van der Waals surface area contributed by atoms with Crippen LogP contribution in [0.3, 0.4) is 0 Å². The summed E-state index contributed by atoms with van der Waals surface area (Å²) in [7, 11) is 0. The van der Waals surface area contributed by atoms with E-state index in [1.807, 2.05) is 0 Å². The van der Waals surface area contributed by atoms with Crippen molar-refractivity contribution in [2.24, 2.45) is 0 Å². The quantitative estimate of drug-likeness (QED) is 0.834. The van der Waals surface area contributed by atoms with Gasteiger partial charge in [0.1, 0.15) is 5.75 Å². The lowest BCUT2D eigenvalue weighted by Gasteiger charge is -2.04. The molecule has 0 radical (unpaired) electrons. The normalized spacial score (nSPS) is 13.9. The van der Waals surface area contributed by atoms with Crippen LogP contribution in [0.15, 0.2) is 15.9 Å². The summed E-state index contributed by atoms with van der Waals surface area (Å²) >= 11 is 1.03. The van der Waals surface area contributed by atoms with Crippen molar-refractivity contribution in [2.75, 3.05) is 11.9 Å². The summed E-state index contributed by atoms with van der Waals surface area (Å²) in [5.41, 5.74) is 0. The molecule has 2 aromatic heterocycles. The van der Waals surface area contributed by atoms with Crippen LogP contribution in [0.5, 0.6) is 5.75 Å². The van der Waals surface area contributed by atoms with Crippen LogP contribution in [0.2, 0.25) is 0 Å². The number of hydrogen-bond acceptors (Lipinski definition) is 7. The number of nitrogens with zero attached hydrogens (tertiary/aromatic N) is 2. The van der Waals surface area contributed by atoms with Crippen LogP contribution in [0.1, 0.15) is 34.3 Å². The van der Waals surface area contributed by atoms with Crippen molar-refractivity contribution in [1.82, 2.24) is 10.2 Å². The van der Waals surface area contributed by atoms with Gasteiger partial charge >= 0.3 is 12.0 Å². The van der Waals surface area contributed by atoms with Crippen LogP contribution in [-0.4, -0.2) is 33.8 Å². The Labute approximate surface area is 122 Å². The number of ether oxygens (including phenoxy) is 1. The van der Waals surface area contributed by atoms with E-state index < -0.39 is 11.9 Å². The molecule has 1 amide bonds. The lowest BCUT2D eigenvalue weighted by Crippen LogP contribution is -2.20. The van der Waals surface area contributed by atoms with Crippen molar-refractivity contribution < 1.29 is 23.8 Å². The first-order valence-electron chi connectivity index (χ1n) is 6.20. The number of aromatic nitrogens is 2. The zero-order chi connectivity index (χ0) is 14.8. The second-order valence-electron chi connectivity index (χ2n) is 4.48. The van der Waals surface area contributed by atoms with E-state index in [4.69, 9.17) is 14.3 Å². The standard InChI is InChI=1S/C12H11N3O5S/c16-8(5-19-7-3-4-21-9(7)11(17)18)13-12-15-14-10(20-12)6-1-2-6/h3-4,6H,1-2,5H2,(H,17,18)(H,13,15,16). The Morgan fingerprint density at radius 2 is 2.29 bits per heavy atom. The van der Waals surface area contributed by atoms with E-state index in [-0.39, 0.29) is 23.2 Å². The SMILES string of the molecule is O=C(COc1ccsc1C(=O)O)Nc1nnc(C2CC2)o1. The number of thiophene rings is 1. The summed E-state index contributed by atoms with van der Waals surface area (Å²) < 4.78 is 10.4. The first-order valence-corrected chi connectivity index (χ1v) is 7.08. The highest BCUT2D eigenvalue weighted by Gasteiger charge is 2.29. The van der Waals surface area contributed by atoms with E-state index in [1.54, 1.807) is 5.38 Å². The molecule has 1 aliphatic rings. The molecule has 21 heavy (non-hydrogen) atoms. The average molecular weight is 309 g/mol. The summed E-state index contributed by atoms with van der Waals surface area (Å²) in [5.74, 6) is -0.595. The molecule has 0 unspecified atom stereocenters. The molecule has 8 nitrogen and oxygen atoms in total. The molecule has 0 spiro atoms. The number of amides is 1. The van der Waals surface area contributed by atoms with Gasteiger partial charge in [-0.15, -0.1) is 16.4 Å². The minimum atomic E-state index is -1.09. The molecular weight excluding hydrogens is 298 g/mol. The third-order valence-corrected chi connectivity index (χ3v) is 3.68. The van der Waals surface area contributed by atoms with Gasteiger partial charge in [0.2, 0.25) is 5.89 Å². The predicted molar refractivity (Wildman–Crippen MR) is 71.7 cm³/mol. The Hall–Kier alpha value is -2.42. The molecule has 0 aliphatic heterocycles. The molecule has 110 valence electrons. The molecule has 0 aromatic carbocycles. The van der Waals surface area contributed by atoms with E-state index in [2.05, 4.69) is 15.5 Å². The topological polar surface area (TPSA) is 115 Å². The summed E-state index contributed by atoms with van der Waals surface area (Å²) in [6, 6.07) is 1.52. The van der Waals surface area contributed by atoms with Gasteiger partial charge in [-0.2, -0.15) is 0 Å². The minimum Gasteiger partial charge on any atom is -0.482 e. The molecule has 0 atom stereocenters. The van der Waals surface area contributed by atoms with Gasteiger partial charge in [-0.05, 0) is 24.3 Å². The van der Waals surface area contributed by atoms with Gasteiger partial charge in [-0.25, -0.2) is 4.79 Å². The number of hydrogen-bond donors (Lipinski definition) is 2. The number of carboxylic acid groups (broad SMARTS) is 1. The molecule has 2 heterocycles. The maximum absolute atomic E-state index is 11.7. The van der Waals surface area contributed by atoms with Crippen molar-refractivity contribution in [3.63, 3.8) is 0 Å². The average Bonchev–Trinajstić information content (AvgIpc) is 3.00. The van der Waals surface area contributed by atoms with Crippen LogP contribution in [0.4, 0.5) is 6.01 Å². The Balaban J connectivity index is 1.53. The number of carbonyl (C=O) groups excluding carboxylic acids is 1. The largest absolute Gasteiger partial charge is 0.482 e. The summed E-state index contributed by atoms with van der Waals surface area (Å²) in [5, 5.41) is 20.4. The fourth-order valence-corrected chi connectivity index (χ4v) is 2.32. The first-order chi connectivity index (χ1) is 10.1. The fraction of sp³-hybridized carbons (Fsp3) is 0.333. The number of carboxylic acids is 1. The second-order valence-corrected chi connectivity index (χ2v) is 5.39. The van der Waals surface area contributed by atoms with Crippen molar-refractivity contribution in [3.8, 4) is 5.75 Å². The molecule has 1 fully saturated rings. The highest BCUT2D eigenvalue weighted by atomic mass is 32.1. The minimum absolute atomic E-state index is 0.0225. The van der Waals surface area contributed by atoms with Gasteiger partial charge in [0, 0.05) is 5.92 Å². The number of anilines is 1. The highest BCUT2D eigenvalue weighted by molar-refractivity contribution is 7.12. The van der Waals surface area contributed by atoms with Crippen LogP contribution in [0, 0.1) is 0 Å². The first kappa shape index (κ1) is 13.6. The second kappa shape index (κ2) is 5.52. The molecule has 0 bridgehead atoms. The summed E-state index contributed by atoms with van der Waals surface area (Å²) in [6.07, 6.45) is 2.05. The molecule has 3 rings (SSSR count). The number of aromatic carboxylic acids is 1. The van der Waals surface area contributed by atoms with Gasteiger partial charge in [0.25, 0.3) is 5.91 Å². The molecule has 1 saturated carbocycles. The zero-order valence-electron chi connectivity index (χ0n) is 10.7. The van der Waals surface area contributed by atoms with E-state index in [1.165, 1.54) is 6.07 Å². The fourth-order valence-electron chi connectivity index (χ4n) is 1.65. The Kier molecular flexibility index (Phi) is 3.57. The molecule has 2 aromatic rings. The Morgan fingerprint density at radius 1 is 1.48 bits per heavy atom. The van der Waals surface area contributed by atoms with Crippen molar-refractivity contribution in [3.05, 3.63) is 22.2 Å².